The van der Waals surface area contributed by atoms with Crippen molar-refractivity contribution < 1.29 is 19.1 Å². The number of nitrogens with two attached hydrogens (primary N) is 1. The normalized spacial score (nSPS) is 19.0. The van der Waals surface area contributed by atoms with E-state index in [1.165, 1.54) is 0 Å². The number of aryl methyl sites for hydroxylation is 1. The molecule has 0 saturated carbocycles. The fourth-order valence-electron chi connectivity index (χ4n) is 5.75. The molecule has 0 bridgehead atoms. The monoisotopic (exact) mass is 533 g/mol. The van der Waals surface area contributed by atoms with Crippen LogP contribution >= 0.6 is 0 Å². The highest BCUT2D eigenvalue weighted by atomic mass is 16.5. The molecular weight excluding hydrogens is 494 g/mol. The molecule has 0 spiro atoms. The first kappa shape index (κ1) is 27.3. The van der Waals surface area contributed by atoms with Gasteiger partial charge >= 0.3 is 0 Å². The molecule has 2 fully saturated rings. The molecule has 2 atom stereocenters. The van der Waals surface area contributed by atoms with Gasteiger partial charge in [0.1, 0.15) is 12.4 Å². The number of benzene rings is 2. The van der Waals surface area contributed by atoms with Gasteiger partial charge in [0, 0.05) is 64.0 Å². The van der Waals surface area contributed by atoms with E-state index < -0.39 is 0 Å². The quantitative estimate of drug-likeness (QED) is 0.402. The molecule has 5 rings (SSSR count). The number of methoxy groups -OCH3 is 1. The zero-order valence-corrected chi connectivity index (χ0v) is 22.8. The molecule has 0 radical (unpaired) electrons. The molecular formula is C30H39N5O4. The Morgan fingerprint density at radius 3 is 2.79 bits per heavy atom. The number of aromatic nitrogens is 2. The maximum atomic E-state index is 13.3. The van der Waals surface area contributed by atoms with Crippen LogP contribution in [0.25, 0.3) is 11.0 Å². The minimum atomic E-state index is -0.271. The molecule has 2 aromatic carbocycles. The first-order chi connectivity index (χ1) is 19.0. The van der Waals surface area contributed by atoms with Crippen LogP contribution in [0.4, 0.5) is 5.69 Å². The van der Waals surface area contributed by atoms with Crippen LogP contribution in [0.5, 0.6) is 0 Å². The average Bonchev–Trinajstić information content (AvgIpc) is 3.33. The Morgan fingerprint density at radius 1 is 1.18 bits per heavy atom. The summed E-state index contributed by atoms with van der Waals surface area (Å²) in [5.74, 6) is 1.34. The maximum absolute atomic E-state index is 13.3. The van der Waals surface area contributed by atoms with E-state index in [0.29, 0.717) is 39.1 Å². The highest BCUT2D eigenvalue weighted by Gasteiger charge is 2.29. The summed E-state index contributed by atoms with van der Waals surface area (Å²) in [5, 5.41) is 0. The van der Waals surface area contributed by atoms with Gasteiger partial charge in [-0.3, -0.25) is 9.59 Å². The predicted molar refractivity (Wildman–Crippen MR) is 151 cm³/mol. The number of likely N-dealkylation sites (tertiary alicyclic amines) is 1. The minimum absolute atomic E-state index is 0.0262. The van der Waals surface area contributed by atoms with Gasteiger partial charge in [0.05, 0.1) is 17.6 Å². The molecule has 2 N–H and O–H groups in total. The van der Waals surface area contributed by atoms with Crippen molar-refractivity contribution in [3.05, 3.63) is 59.9 Å². The van der Waals surface area contributed by atoms with Crippen molar-refractivity contribution in [1.82, 2.24) is 14.5 Å². The van der Waals surface area contributed by atoms with Gasteiger partial charge in [-0.05, 0) is 55.5 Å². The summed E-state index contributed by atoms with van der Waals surface area (Å²) in [4.78, 5) is 34.1. The number of para-hydroxylation sites is 2. The van der Waals surface area contributed by atoms with Gasteiger partial charge in [0.15, 0.2) is 0 Å². The van der Waals surface area contributed by atoms with Crippen LogP contribution in [0.3, 0.4) is 0 Å². The van der Waals surface area contributed by atoms with E-state index in [2.05, 4.69) is 16.7 Å². The van der Waals surface area contributed by atoms with Gasteiger partial charge in [-0.15, -0.1) is 0 Å². The molecule has 0 aliphatic carbocycles. The number of rotatable bonds is 10. The first-order valence-corrected chi connectivity index (χ1v) is 14.0. The molecule has 1 aromatic heterocycles. The number of carbonyl (C=O) groups is 2. The van der Waals surface area contributed by atoms with Crippen LogP contribution in [0.2, 0.25) is 0 Å². The largest absolute Gasteiger partial charge is 0.385 e. The number of imidazole rings is 1. The number of morpholine rings is 1. The molecule has 3 aromatic rings. The second kappa shape index (κ2) is 12.7. The van der Waals surface area contributed by atoms with Gasteiger partial charge in [0.2, 0.25) is 5.91 Å². The first-order valence-electron chi connectivity index (χ1n) is 14.0. The zero-order valence-electron chi connectivity index (χ0n) is 22.8. The summed E-state index contributed by atoms with van der Waals surface area (Å²) >= 11 is 0. The second-order valence-corrected chi connectivity index (χ2v) is 10.6. The van der Waals surface area contributed by atoms with Crippen LogP contribution < -0.4 is 10.6 Å². The Kier molecular flexibility index (Phi) is 8.91. The summed E-state index contributed by atoms with van der Waals surface area (Å²) in [6.45, 7) is 4.20. The number of carbonyl (C=O) groups excluding carboxylic acids is 2. The van der Waals surface area contributed by atoms with E-state index in [-0.39, 0.29) is 30.4 Å². The van der Waals surface area contributed by atoms with Crippen molar-refractivity contribution >= 4 is 28.5 Å². The highest BCUT2D eigenvalue weighted by Crippen LogP contribution is 2.30. The third-order valence-corrected chi connectivity index (χ3v) is 7.72. The summed E-state index contributed by atoms with van der Waals surface area (Å²) in [6.07, 6.45) is 3.80. The molecule has 2 aliphatic heterocycles. The Morgan fingerprint density at radius 2 is 2.00 bits per heavy atom. The summed E-state index contributed by atoms with van der Waals surface area (Å²) < 4.78 is 12.8. The number of hydrogen-bond acceptors (Lipinski definition) is 6. The van der Waals surface area contributed by atoms with Gasteiger partial charge in [0.25, 0.3) is 5.91 Å². The number of piperidine rings is 1. The number of hydrogen-bond donors (Lipinski definition) is 1. The summed E-state index contributed by atoms with van der Waals surface area (Å²) in [6, 6.07) is 15.9. The molecule has 0 unspecified atom stereocenters. The minimum Gasteiger partial charge on any atom is -0.385 e. The average molecular weight is 534 g/mol. The van der Waals surface area contributed by atoms with E-state index >= 15 is 0 Å². The van der Waals surface area contributed by atoms with Crippen molar-refractivity contribution in [1.29, 1.82) is 0 Å². The van der Waals surface area contributed by atoms with Crippen molar-refractivity contribution in [2.24, 2.45) is 5.73 Å². The van der Waals surface area contributed by atoms with Gasteiger partial charge < -0.3 is 29.6 Å². The molecule has 2 aliphatic rings. The Hall–Kier alpha value is -3.27. The third-order valence-electron chi connectivity index (χ3n) is 7.72. The van der Waals surface area contributed by atoms with Gasteiger partial charge in [-0.1, -0.05) is 24.3 Å². The van der Waals surface area contributed by atoms with Crippen molar-refractivity contribution in [3.8, 4) is 0 Å². The Balaban J connectivity index is 1.19. The Bertz CT molecular complexity index is 1270. The number of ether oxygens (including phenoxy) is 2. The van der Waals surface area contributed by atoms with E-state index in [0.717, 1.165) is 60.5 Å². The van der Waals surface area contributed by atoms with E-state index in [1.807, 2.05) is 41.3 Å². The lowest BCUT2D eigenvalue weighted by molar-refractivity contribution is -0.132. The SMILES string of the molecule is COCCCn1c([C@@H]2CCCN(C(=O)C[C@H](N)Cc3ccc(N4CCOCC4=O)cc3)C2)nc2ccccc21. The summed E-state index contributed by atoms with van der Waals surface area (Å²) in [5.41, 5.74) is 10.5. The predicted octanol–water partition coefficient (Wildman–Crippen LogP) is 3.10. The third kappa shape index (κ3) is 6.49. The van der Waals surface area contributed by atoms with Crippen molar-refractivity contribution in [3.63, 3.8) is 0 Å². The lowest BCUT2D eigenvalue weighted by Gasteiger charge is -2.33. The second-order valence-electron chi connectivity index (χ2n) is 10.6. The molecule has 9 heteroatoms. The van der Waals surface area contributed by atoms with Crippen LogP contribution in [0.15, 0.2) is 48.5 Å². The van der Waals surface area contributed by atoms with Crippen molar-refractivity contribution in [2.75, 3.05) is 51.5 Å². The van der Waals surface area contributed by atoms with Crippen LogP contribution in [-0.2, 0) is 32.0 Å². The lowest BCUT2D eigenvalue weighted by atomic mass is 9.96. The fourth-order valence-corrected chi connectivity index (χ4v) is 5.75. The van der Waals surface area contributed by atoms with Crippen LogP contribution in [0.1, 0.15) is 43.0 Å². The number of fused-ring (bicyclic) bond motifs is 1. The van der Waals surface area contributed by atoms with Gasteiger partial charge in [-0.2, -0.15) is 0 Å². The van der Waals surface area contributed by atoms with Gasteiger partial charge in [-0.25, -0.2) is 4.98 Å². The fraction of sp³-hybridized carbons (Fsp3) is 0.500. The van der Waals surface area contributed by atoms with E-state index in [9.17, 15) is 9.59 Å². The van der Waals surface area contributed by atoms with Crippen LogP contribution in [0, 0.1) is 0 Å². The number of amides is 2. The zero-order chi connectivity index (χ0) is 27.2. The number of anilines is 1. The molecule has 39 heavy (non-hydrogen) atoms. The lowest BCUT2D eigenvalue weighted by Crippen LogP contribution is -2.42. The van der Waals surface area contributed by atoms with Crippen LogP contribution in [-0.4, -0.2) is 78.9 Å². The standard InChI is InChI=1S/C30H39N5O4/c1-38-16-5-14-35-27-8-3-2-7-26(27)32-30(35)23-6-4-13-33(20-23)28(36)19-24(31)18-22-9-11-25(12-10-22)34-15-17-39-21-29(34)37/h2-3,7-12,23-24H,4-6,13-21,31H2,1H3/t23-,24-/m1/s1. The Labute approximate surface area is 229 Å². The molecule has 208 valence electrons. The van der Waals surface area contributed by atoms with E-state index in [1.54, 1.807) is 12.0 Å². The van der Waals surface area contributed by atoms with Crippen molar-refractivity contribution in [2.45, 2.75) is 50.6 Å². The van der Waals surface area contributed by atoms with E-state index in [4.69, 9.17) is 20.2 Å². The topological polar surface area (TPSA) is 103 Å². The summed E-state index contributed by atoms with van der Waals surface area (Å²) in [7, 11) is 1.73. The maximum Gasteiger partial charge on any atom is 0.253 e. The highest BCUT2D eigenvalue weighted by molar-refractivity contribution is 5.94. The molecule has 3 heterocycles. The number of nitrogens with zero attached hydrogens (tertiary/aromatic N) is 4. The smallest absolute Gasteiger partial charge is 0.253 e. The molecule has 2 amide bonds. The molecule has 2 saturated heterocycles. The molecule has 9 nitrogen and oxygen atoms in total.